The molecule has 0 aliphatic carbocycles. The average Bonchev–Trinajstić information content (AvgIpc) is 2.43. The Morgan fingerprint density at radius 2 is 2.05 bits per heavy atom. The number of H-pyrrole nitrogens is 1. The molecule has 0 bridgehead atoms. The molecular weight excluding hydrogens is 324 g/mol. The lowest BCUT2D eigenvalue weighted by Gasteiger charge is -2.08. The lowest BCUT2D eigenvalue weighted by molar-refractivity contribution is 0.155. The number of carbonyl (C=O) groups is 1. The first-order chi connectivity index (χ1) is 9.56. The predicted molar refractivity (Wildman–Crippen MR) is 79.7 cm³/mol. The topological polar surface area (TPSA) is 71.2 Å². The molecule has 0 saturated heterocycles. The Balaban J connectivity index is 1.97. The number of aromatic amines is 1. The number of aromatic nitrogens is 1. The molecule has 5 nitrogen and oxygen atoms in total. The Hall–Kier alpha value is -2.08. The summed E-state index contributed by atoms with van der Waals surface area (Å²) in [6, 6.07) is 11.0. The molecule has 0 atom stereocenters. The molecular formula is C14H13BrN2O3. The van der Waals surface area contributed by atoms with Crippen LogP contribution in [0.25, 0.3) is 0 Å². The molecule has 0 saturated carbocycles. The van der Waals surface area contributed by atoms with Crippen LogP contribution in [0.15, 0.2) is 45.7 Å². The minimum Gasteiger partial charge on any atom is -0.444 e. The molecule has 0 radical (unpaired) electrons. The SMILES string of the molecule is Cc1cc(NC(=O)OCc2ccccc2)[nH]c(=O)c1Br. The molecule has 104 valence electrons. The normalized spacial score (nSPS) is 10.1. The molecule has 2 aromatic rings. The molecule has 2 rings (SSSR count). The van der Waals surface area contributed by atoms with E-state index in [1.165, 1.54) is 0 Å². The standard InChI is InChI=1S/C14H13BrN2O3/c1-9-7-11(16-13(18)12(9)15)17-14(19)20-8-10-5-3-2-4-6-10/h2-7H,8H2,1H3,(H2,16,17,18,19). The van der Waals surface area contributed by atoms with Crippen LogP contribution in [0.4, 0.5) is 10.6 Å². The number of rotatable bonds is 3. The fraction of sp³-hybridized carbons (Fsp3) is 0.143. The fourth-order valence-corrected chi connectivity index (χ4v) is 1.82. The van der Waals surface area contributed by atoms with Crippen molar-refractivity contribution in [1.82, 2.24) is 4.98 Å². The van der Waals surface area contributed by atoms with Gasteiger partial charge in [-0.05, 0) is 40.0 Å². The highest BCUT2D eigenvalue weighted by molar-refractivity contribution is 9.10. The number of nitrogens with one attached hydrogen (secondary N) is 2. The minimum absolute atomic E-state index is 0.173. The van der Waals surface area contributed by atoms with Gasteiger partial charge in [0.05, 0.1) is 4.47 Å². The Kier molecular flexibility index (Phi) is 4.57. The van der Waals surface area contributed by atoms with Crippen molar-refractivity contribution in [1.29, 1.82) is 0 Å². The molecule has 2 N–H and O–H groups in total. The second-order valence-electron chi connectivity index (χ2n) is 4.20. The highest BCUT2D eigenvalue weighted by Gasteiger charge is 2.07. The molecule has 20 heavy (non-hydrogen) atoms. The molecule has 0 unspecified atom stereocenters. The van der Waals surface area contributed by atoms with Gasteiger partial charge >= 0.3 is 6.09 Å². The van der Waals surface area contributed by atoms with E-state index in [0.29, 0.717) is 10.3 Å². The summed E-state index contributed by atoms with van der Waals surface area (Å²) in [6.45, 7) is 1.94. The third-order valence-electron chi connectivity index (χ3n) is 2.60. The summed E-state index contributed by atoms with van der Waals surface area (Å²) in [5.41, 5.74) is 1.32. The Morgan fingerprint density at radius 1 is 1.35 bits per heavy atom. The van der Waals surface area contributed by atoms with Crippen molar-refractivity contribution in [3.8, 4) is 0 Å². The highest BCUT2D eigenvalue weighted by Crippen LogP contribution is 2.13. The van der Waals surface area contributed by atoms with Gasteiger partial charge in [0, 0.05) is 0 Å². The van der Waals surface area contributed by atoms with E-state index < -0.39 is 6.09 Å². The average molecular weight is 337 g/mol. The lowest BCUT2D eigenvalue weighted by Crippen LogP contribution is -2.18. The monoisotopic (exact) mass is 336 g/mol. The number of aryl methyl sites for hydroxylation is 1. The van der Waals surface area contributed by atoms with Crippen molar-refractivity contribution < 1.29 is 9.53 Å². The largest absolute Gasteiger partial charge is 0.444 e. The first-order valence-electron chi connectivity index (χ1n) is 5.93. The second-order valence-corrected chi connectivity index (χ2v) is 4.99. The van der Waals surface area contributed by atoms with Gasteiger partial charge in [-0.15, -0.1) is 0 Å². The van der Waals surface area contributed by atoms with Crippen LogP contribution in [-0.4, -0.2) is 11.1 Å². The number of anilines is 1. The van der Waals surface area contributed by atoms with Gasteiger partial charge in [0.2, 0.25) is 0 Å². The van der Waals surface area contributed by atoms with Crippen LogP contribution < -0.4 is 10.9 Å². The molecule has 0 aliphatic heterocycles. The van der Waals surface area contributed by atoms with E-state index >= 15 is 0 Å². The Morgan fingerprint density at radius 3 is 2.70 bits per heavy atom. The maximum absolute atomic E-state index is 11.6. The lowest BCUT2D eigenvalue weighted by atomic mass is 10.2. The summed E-state index contributed by atoms with van der Waals surface area (Å²) in [6.07, 6.45) is -0.619. The number of hydrogen-bond donors (Lipinski definition) is 2. The molecule has 1 amide bonds. The smallest absolute Gasteiger partial charge is 0.413 e. The Bertz CT molecular complexity index is 668. The molecule has 1 heterocycles. The van der Waals surface area contributed by atoms with Gasteiger partial charge < -0.3 is 9.72 Å². The van der Waals surface area contributed by atoms with Gasteiger partial charge in [-0.2, -0.15) is 0 Å². The molecule has 1 aromatic carbocycles. The first-order valence-corrected chi connectivity index (χ1v) is 6.72. The third kappa shape index (κ3) is 3.71. The van der Waals surface area contributed by atoms with Crippen molar-refractivity contribution in [2.75, 3.05) is 5.32 Å². The maximum atomic E-state index is 11.6. The zero-order valence-corrected chi connectivity index (χ0v) is 12.4. The van der Waals surface area contributed by atoms with E-state index in [2.05, 4.69) is 26.2 Å². The van der Waals surface area contributed by atoms with Crippen LogP contribution in [0, 0.1) is 6.92 Å². The van der Waals surface area contributed by atoms with Gasteiger partial charge in [0.15, 0.2) is 0 Å². The second kappa shape index (κ2) is 6.38. The molecule has 0 aliphatic rings. The van der Waals surface area contributed by atoms with Crippen molar-refractivity contribution >= 4 is 27.8 Å². The van der Waals surface area contributed by atoms with E-state index in [1.807, 2.05) is 30.3 Å². The Labute approximate surface area is 124 Å². The molecule has 0 spiro atoms. The van der Waals surface area contributed by atoms with E-state index in [4.69, 9.17) is 4.74 Å². The van der Waals surface area contributed by atoms with Crippen LogP contribution in [0.5, 0.6) is 0 Å². The van der Waals surface area contributed by atoms with Crippen LogP contribution in [0.2, 0.25) is 0 Å². The van der Waals surface area contributed by atoms with Crippen LogP contribution in [0.1, 0.15) is 11.1 Å². The van der Waals surface area contributed by atoms with Crippen LogP contribution >= 0.6 is 15.9 Å². The van der Waals surface area contributed by atoms with Gasteiger partial charge in [-0.3, -0.25) is 10.1 Å². The van der Waals surface area contributed by atoms with Crippen LogP contribution in [-0.2, 0) is 11.3 Å². The first kappa shape index (κ1) is 14.3. The van der Waals surface area contributed by atoms with E-state index in [9.17, 15) is 9.59 Å². The van der Waals surface area contributed by atoms with Crippen molar-refractivity contribution in [3.63, 3.8) is 0 Å². The quantitative estimate of drug-likeness (QED) is 0.904. The van der Waals surface area contributed by atoms with E-state index in [1.54, 1.807) is 13.0 Å². The third-order valence-corrected chi connectivity index (χ3v) is 3.59. The summed E-state index contributed by atoms with van der Waals surface area (Å²) < 4.78 is 5.50. The van der Waals surface area contributed by atoms with Gasteiger partial charge in [0.1, 0.15) is 12.4 Å². The number of pyridine rings is 1. The number of carbonyl (C=O) groups excluding carboxylic acids is 1. The predicted octanol–water partition coefficient (Wildman–Crippen LogP) is 3.19. The molecule has 1 aromatic heterocycles. The van der Waals surface area contributed by atoms with Crippen molar-refractivity contribution in [2.24, 2.45) is 0 Å². The zero-order valence-electron chi connectivity index (χ0n) is 10.8. The van der Waals surface area contributed by atoms with Crippen molar-refractivity contribution in [2.45, 2.75) is 13.5 Å². The maximum Gasteiger partial charge on any atom is 0.413 e. The van der Waals surface area contributed by atoms with Gasteiger partial charge in [-0.1, -0.05) is 30.3 Å². The van der Waals surface area contributed by atoms with Gasteiger partial charge in [-0.25, -0.2) is 4.79 Å². The zero-order chi connectivity index (χ0) is 14.5. The van der Waals surface area contributed by atoms with E-state index in [-0.39, 0.29) is 12.2 Å². The van der Waals surface area contributed by atoms with Crippen molar-refractivity contribution in [3.05, 3.63) is 62.4 Å². The van der Waals surface area contributed by atoms with Gasteiger partial charge in [0.25, 0.3) is 5.56 Å². The number of ether oxygens (including phenoxy) is 1. The summed E-state index contributed by atoms with van der Waals surface area (Å²) in [7, 11) is 0. The fourth-order valence-electron chi connectivity index (χ4n) is 1.61. The summed E-state index contributed by atoms with van der Waals surface area (Å²) in [4.78, 5) is 25.7. The summed E-state index contributed by atoms with van der Waals surface area (Å²) >= 11 is 3.15. The number of hydrogen-bond acceptors (Lipinski definition) is 3. The van der Waals surface area contributed by atoms with Crippen LogP contribution in [0.3, 0.4) is 0 Å². The summed E-state index contributed by atoms with van der Waals surface area (Å²) in [5.74, 6) is 0.300. The minimum atomic E-state index is -0.619. The number of halogens is 1. The van der Waals surface area contributed by atoms with E-state index in [0.717, 1.165) is 11.1 Å². The number of amides is 1. The molecule has 6 heteroatoms. The summed E-state index contributed by atoms with van der Waals surface area (Å²) in [5, 5.41) is 2.48. The molecule has 0 fully saturated rings. The highest BCUT2D eigenvalue weighted by atomic mass is 79.9. The number of benzene rings is 1.